The maximum Gasteiger partial charge on any atom is 0.0748 e. The first-order valence-electron chi connectivity index (χ1n) is 6.17. The van der Waals surface area contributed by atoms with Gasteiger partial charge in [-0.05, 0) is 37.6 Å². The molecule has 0 spiro atoms. The highest BCUT2D eigenvalue weighted by Gasteiger charge is 2.23. The number of aryl methyl sites for hydroxylation is 1. The highest BCUT2D eigenvalue weighted by molar-refractivity contribution is 5.83. The van der Waals surface area contributed by atoms with Crippen molar-refractivity contribution >= 4 is 16.6 Å². The molecule has 2 unspecified atom stereocenters. The maximum atomic E-state index is 5.56. The van der Waals surface area contributed by atoms with E-state index in [0.717, 1.165) is 13.0 Å². The van der Waals surface area contributed by atoms with E-state index < -0.39 is 0 Å². The van der Waals surface area contributed by atoms with Crippen LogP contribution in [0.4, 0.5) is 5.69 Å². The van der Waals surface area contributed by atoms with Gasteiger partial charge in [0.05, 0.1) is 12.1 Å². The normalized spacial score (nSPS) is 24.4. The van der Waals surface area contributed by atoms with Gasteiger partial charge in [0, 0.05) is 36.4 Å². The summed E-state index contributed by atoms with van der Waals surface area (Å²) in [4.78, 5) is 0. The number of ether oxygens (including phenoxy) is 1. The molecule has 3 rings (SSSR count). The summed E-state index contributed by atoms with van der Waals surface area (Å²) in [7, 11) is 2.07. The molecule has 1 saturated heterocycles. The number of nitrogens with zero attached hydrogens (tertiary/aromatic N) is 1. The van der Waals surface area contributed by atoms with Crippen LogP contribution in [0.5, 0.6) is 0 Å². The Morgan fingerprint density at radius 1 is 1.35 bits per heavy atom. The first-order chi connectivity index (χ1) is 8.24. The van der Waals surface area contributed by atoms with E-state index in [9.17, 15) is 0 Å². The van der Waals surface area contributed by atoms with Crippen LogP contribution in [0.15, 0.2) is 30.5 Å². The molecular weight excluding hydrogens is 212 g/mol. The largest absolute Gasteiger partial charge is 0.380 e. The van der Waals surface area contributed by atoms with Crippen LogP contribution >= 0.6 is 0 Å². The molecule has 3 nitrogen and oxygen atoms in total. The monoisotopic (exact) mass is 230 g/mol. The minimum atomic E-state index is 0.307. The van der Waals surface area contributed by atoms with Crippen LogP contribution < -0.4 is 5.32 Å². The van der Waals surface area contributed by atoms with Gasteiger partial charge in [-0.15, -0.1) is 0 Å². The molecule has 0 saturated carbocycles. The number of anilines is 1. The molecule has 90 valence electrons. The van der Waals surface area contributed by atoms with Crippen LogP contribution in [0, 0.1) is 0 Å². The van der Waals surface area contributed by atoms with Crippen LogP contribution in [-0.4, -0.2) is 23.3 Å². The summed E-state index contributed by atoms with van der Waals surface area (Å²) in [5, 5.41) is 4.84. The summed E-state index contributed by atoms with van der Waals surface area (Å²) < 4.78 is 7.70. The summed E-state index contributed by atoms with van der Waals surface area (Å²) >= 11 is 0. The Morgan fingerprint density at radius 3 is 3.00 bits per heavy atom. The van der Waals surface area contributed by atoms with Crippen molar-refractivity contribution in [3.8, 4) is 0 Å². The Bertz CT molecular complexity index is 532. The molecule has 1 N–H and O–H groups in total. The van der Waals surface area contributed by atoms with E-state index in [0.29, 0.717) is 12.1 Å². The molecule has 1 aromatic carbocycles. The molecule has 3 heteroatoms. The first kappa shape index (κ1) is 10.7. The van der Waals surface area contributed by atoms with Gasteiger partial charge in [-0.2, -0.15) is 0 Å². The number of hydrogen-bond acceptors (Lipinski definition) is 2. The predicted molar refractivity (Wildman–Crippen MR) is 70.4 cm³/mol. The lowest BCUT2D eigenvalue weighted by atomic mass is 10.1. The first-order valence-corrected chi connectivity index (χ1v) is 6.17. The number of hydrogen-bond donors (Lipinski definition) is 1. The van der Waals surface area contributed by atoms with Crippen LogP contribution in [-0.2, 0) is 11.8 Å². The predicted octanol–water partition coefficient (Wildman–Crippen LogP) is 2.77. The topological polar surface area (TPSA) is 26.2 Å². The average Bonchev–Trinajstić information content (AvgIpc) is 2.87. The number of aromatic nitrogens is 1. The highest BCUT2D eigenvalue weighted by Crippen LogP contribution is 2.23. The van der Waals surface area contributed by atoms with Gasteiger partial charge >= 0.3 is 0 Å². The highest BCUT2D eigenvalue weighted by atomic mass is 16.5. The molecule has 0 radical (unpaired) electrons. The molecule has 1 aliphatic rings. The number of rotatable bonds is 2. The summed E-state index contributed by atoms with van der Waals surface area (Å²) in [5.41, 5.74) is 2.46. The van der Waals surface area contributed by atoms with E-state index in [1.54, 1.807) is 0 Å². The second-order valence-electron chi connectivity index (χ2n) is 4.82. The Balaban J connectivity index is 1.85. The van der Waals surface area contributed by atoms with Crippen molar-refractivity contribution in [3.63, 3.8) is 0 Å². The second kappa shape index (κ2) is 4.08. The third kappa shape index (κ3) is 1.91. The van der Waals surface area contributed by atoms with Gasteiger partial charge in [0.1, 0.15) is 0 Å². The fraction of sp³-hybridized carbons (Fsp3) is 0.429. The van der Waals surface area contributed by atoms with Crippen molar-refractivity contribution in [3.05, 3.63) is 30.5 Å². The quantitative estimate of drug-likeness (QED) is 0.858. The number of nitrogens with one attached hydrogen (secondary N) is 1. The molecule has 0 bridgehead atoms. The third-order valence-electron chi connectivity index (χ3n) is 3.61. The second-order valence-corrected chi connectivity index (χ2v) is 4.82. The standard InChI is InChI=1S/C14H18N2O/c1-10-13(6-8-17-10)15-12-3-4-14-11(9-12)5-7-16(14)2/h3-5,7,9-10,13,15H,6,8H2,1-2H3. The average molecular weight is 230 g/mol. The summed E-state index contributed by atoms with van der Waals surface area (Å²) in [6.45, 7) is 3.00. The van der Waals surface area contributed by atoms with Gasteiger partial charge in [-0.1, -0.05) is 0 Å². The SMILES string of the molecule is CC1OCCC1Nc1ccc2c(ccn2C)c1. The lowest BCUT2D eigenvalue weighted by molar-refractivity contribution is 0.121. The Morgan fingerprint density at radius 2 is 2.24 bits per heavy atom. The van der Waals surface area contributed by atoms with E-state index in [-0.39, 0.29) is 0 Å². The molecule has 1 aromatic heterocycles. The van der Waals surface area contributed by atoms with Gasteiger partial charge in [-0.25, -0.2) is 0 Å². The minimum Gasteiger partial charge on any atom is -0.380 e. The van der Waals surface area contributed by atoms with Gasteiger partial charge in [0.25, 0.3) is 0 Å². The molecular formula is C14H18N2O. The number of fused-ring (bicyclic) bond motifs is 1. The van der Waals surface area contributed by atoms with Crippen LogP contribution in [0.1, 0.15) is 13.3 Å². The Labute approximate surface area is 101 Å². The smallest absolute Gasteiger partial charge is 0.0748 e. The third-order valence-corrected chi connectivity index (χ3v) is 3.61. The molecule has 1 fully saturated rings. The Hall–Kier alpha value is -1.48. The van der Waals surface area contributed by atoms with Crippen molar-refractivity contribution in [2.24, 2.45) is 7.05 Å². The zero-order valence-corrected chi connectivity index (χ0v) is 10.3. The fourth-order valence-electron chi connectivity index (χ4n) is 2.51. The van der Waals surface area contributed by atoms with Gasteiger partial charge in [0.15, 0.2) is 0 Å². The molecule has 0 aliphatic carbocycles. The zero-order valence-electron chi connectivity index (χ0n) is 10.3. The van der Waals surface area contributed by atoms with Crippen LogP contribution in [0.25, 0.3) is 10.9 Å². The summed E-state index contributed by atoms with van der Waals surface area (Å²) in [6, 6.07) is 9.11. The van der Waals surface area contributed by atoms with Gasteiger partial charge in [-0.3, -0.25) is 0 Å². The molecule has 0 amide bonds. The van der Waals surface area contributed by atoms with Gasteiger partial charge < -0.3 is 14.6 Å². The van der Waals surface area contributed by atoms with E-state index in [1.807, 2.05) is 0 Å². The van der Waals surface area contributed by atoms with Gasteiger partial charge in [0.2, 0.25) is 0 Å². The minimum absolute atomic E-state index is 0.307. The molecule has 2 heterocycles. The van der Waals surface area contributed by atoms with Crippen LogP contribution in [0.3, 0.4) is 0 Å². The molecule has 17 heavy (non-hydrogen) atoms. The van der Waals surface area contributed by atoms with Crippen molar-refractivity contribution in [2.45, 2.75) is 25.5 Å². The zero-order chi connectivity index (χ0) is 11.8. The van der Waals surface area contributed by atoms with Crippen molar-refractivity contribution in [1.29, 1.82) is 0 Å². The summed E-state index contributed by atoms with van der Waals surface area (Å²) in [6.07, 6.45) is 3.49. The summed E-state index contributed by atoms with van der Waals surface area (Å²) in [5.74, 6) is 0. The van der Waals surface area contributed by atoms with Crippen molar-refractivity contribution in [2.75, 3.05) is 11.9 Å². The Kier molecular flexibility index (Phi) is 2.56. The molecule has 2 aromatic rings. The van der Waals surface area contributed by atoms with E-state index in [2.05, 4.69) is 54.3 Å². The maximum absolute atomic E-state index is 5.56. The van der Waals surface area contributed by atoms with Crippen molar-refractivity contribution < 1.29 is 4.74 Å². The molecule has 2 atom stereocenters. The van der Waals surface area contributed by atoms with E-state index in [1.165, 1.54) is 16.6 Å². The van der Waals surface area contributed by atoms with E-state index in [4.69, 9.17) is 4.74 Å². The van der Waals surface area contributed by atoms with Crippen molar-refractivity contribution in [1.82, 2.24) is 4.57 Å². The van der Waals surface area contributed by atoms with Crippen LogP contribution in [0.2, 0.25) is 0 Å². The fourth-order valence-corrected chi connectivity index (χ4v) is 2.51. The lowest BCUT2D eigenvalue weighted by Crippen LogP contribution is -2.26. The van der Waals surface area contributed by atoms with E-state index >= 15 is 0 Å². The number of benzene rings is 1. The molecule has 1 aliphatic heterocycles. The lowest BCUT2D eigenvalue weighted by Gasteiger charge is -2.17.